The molecule has 0 bridgehead atoms. The summed E-state index contributed by atoms with van der Waals surface area (Å²) in [5.74, 6) is 0.905. The fourth-order valence-corrected chi connectivity index (χ4v) is 1.68. The summed E-state index contributed by atoms with van der Waals surface area (Å²) in [5, 5.41) is 6.61. The van der Waals surface area contributed by atoms with Gasteiger partial charge in [0.1, 0.15) is 0 Å². The Labute approximate surface area is 107 Å². The maximum Gasteiger partial charge on any atom is 0.191 e. The second-order valence-corrected chi connectivity index (χ2v) is 4.53. The van der Waals surface area contributed by atoms with Crippen LogP contribution >= 0.6 is 0 Å². The highest BCUT2D eigenvalue weighted by atomic mass is 15.2. The highest BCUT2D eigenvalue weighted by Crippen LogP contribution is 1.93. The maximum absolute atomic E-state index is 4.18. The summed E-state index contributed by atoms with van der Waals surface area (Å²) >= 11 is 0. The van der Waals surface area contributed by atoms with Gasteiger partial charge in [-0.1, -0.05) is 13.8 Å². The molecule has 0 heterocycles. The van der Waals surface area contributed by atoms with E-state index >= 15 is 0 Å². The first-order valence-electron chi connectivity index (χ1n) is 6.83. The van der Waals surface area contributed by atoms with Gasteiger partial charge in [-0.25, -0.2) is 0 Å². The van der Waals surface area contributed by atoms with Crippen LogP contribution in [0.2, 0.25) is 0 Å². The van der Waals surface area contributed by atoms with Crippen molar-refractivity contribution in [2.75, 3.05) is 33.2 Å². The van der Waals surface area contributed by atoms with Crippen molar-refractivity contribution in [3.05, 3.63) is 0 Å². The molecular formula is C13H30N4. The number of unbranched alkanes of at least 4 members (excludes halogenated alkanes) is 1. The van der Waals surface area contributed by atoms with Gasteiger partial charge >= 0.3 is 0 Å². The first-order chi connectivity index (χ1) is 8.13. The first kappa shape index (κ1) is 16.2. The monoisotopic (exact) mass is 242 g/mol. The Morgan fingerprint density at radius 2 is 1.82 bits per heavy atom. The summed E-state index contributed by atoms with van der Waals surface area (Å²) in [6.45, 7) is 13.2. The van der Waals surface area contributed by atoms with Gasteiger partial charge in [-0.3, -0.25) is 4.99 Å². The summed E-state index contributed by atoms with van der Waals surface area (Å²) in [6.07, 6.45) is 2.43. The van der Waals surface area contributed by atoms with E-state index in [0.29, 0.717) is 6.04 Å². The molecular weight excluding hydrogens is 212 g/mol. The van der Waals surface area contributed by atoms with Crippen LogP contribution in [-0.2, 0) is 0 Å². The Bertz CT molecular complexity index is 198. The molecule has 0 aliphatic carbocycles. The highest BCUT2D eigenvalue weighted by molar-refractivity contribution is 5.79. The van der Waals surface area contributed by atoms with E-state index in [4.69, 9.17) is 0 Å². The van der Waals surface area contributed by atoms with Crippen LogP contribution in [0.4, 0.5) is 0 Å². The molecule has 0 aliphatic heterocycles. The maximum atomic E-state index is 4.18. The minimum absolute atomic E-state index is 0.428. The molecule has 102 valence electrons. The van der Waals surface area contributed by atoms with Gasteiger partial charge in [0.25, 0.3) is 0 Å². The fraction of sp³-hybridized carbons (Fsp3) is 0.923. The van der Waals surface area contributed by atoms with Crippen molar-refractivity contribution < 1.29 is 0 Å². The average Bonchev–Trinajstić information content (AvgIpc) is 2.31. The predicted octanol–water partition coefficient (Wildman–Crippen LogP) is 1.68. The SMILES string of the molecule is CCN(CC)CCCCNC(=NC)NC(C)C. The van der Waals surface area contributed by atoms with E-state index in [1.807, 2.05) is 7.05 Å². The van der Waals surface area contributed by atoms with Crippen LogP contribution in [0.5, 0.6) is 0 Å². The normalized spacial score (nSPS) is 12.3. The Kier molecular flexibility index (Phi) is 9.92. The van der Waals surface area contributed by atoms with Crippen molar-refractivity contribution in [1.29, 1.82) is 0 Å². The van der Waals surface area contributed by atoms with Gasteiger partial charge in [0.05, 0.1) is 0 Å². The molecule has 0 saturated heterocycles. The third-order valence-corrected chi connectivity index (χ3v) is 2.74. The molecule has 2 N–H and O–H groups in total. The zero-order chi connectivity index (χ0) is 13.1. The summed E-state index contributed by atoms with van der Waals surface area (Å²) in [5.41, 5.74) is 0. The minimum atomic E-state index is 0.428. The van der Waals surface area contributed by atoms with Crippen molar-refractivity contribution in [3.63, 3.8) is 0 Å². The summed E-state index contributed by atoms with van der Waals surface area (Å²) in [6, 6.07) is 0.428. The number of aliphatic imine (C=N–C) groups is 1. The first-order valence-corrected chi connectivity index (χ1v) is 6.83. The topological polar surface area (TPSA) is 39.7 Å². The number of nitrogens with one attached hydrogen (secondary N) is 2. The zero-order valence-corrected chi connectivity index (χ0v) is 12.2. The lowest BCUT2D eigenvalue weighted by molar-refractivity contribution is 0.297. The lowest BCUT2D eigenvalue weighted by Crippen LogP contribution is -2.41. The van der Waals surface area contributed by atoms with Gasteiger partial charge in [-0.2, -0.15) is 0 Å². The molecule has 0 spiro atoms. The molecule has 0 unspecified atom stereocenters. The van der Waals surface area contributed by atoms with Crippen LogP contribution in [0, 0.1) is 0 Å². The third kappa shape index (κ3) is 8.98. The molecule has 0 fully saturated rings. The van der Waals surface area contributed by atoms with Gasteiger partial charge in [-0.15, -0.1) is 0 Å². The molecule has 0 atom stereocenters. The third-order valence-electron chi connectivity index (χ3n) is 2.74. The van der Waals surface area contributed by atoms with Crippen molar-refractivity contribution in [3.8, 4) is 0 Å². The lowest BCUT2D eigenvalue weighted by Gasteiger charge is -2.18. The Morgan fingerprint density at radius 1 is 1.18 bits per heavy atom. The summed E-state index contributed by atoms with van der Waals surface area (Å²) in [7, 11) is 1.81. The van der Waals surface area contributed by atoms with Crippen LogP contribution in [0.3, 0.4) is 0 Å². The van der Waals surface area contributed by atoms with Crippen molar-refractivity contribution in [1.82, 2.24) is 15.5 Å². The van der Waals surface area contributed by atoms with Crippen LogP contribution in [0.25, 0.3) is 0 Å². The van der Waals surface area contributed by atoms with E-state index in [1.165, 1.54) is 19.4 Å². The van der Waals surface area contributed by atoms with Crippen LogP contribution in [-0.4, -0.2) is 50.1 Å². The van der Waals surface area contributed by atoms with Crippen molar-refractivity contribution in [2.24, 2.45) is 4.99 Å². The van der Waals surface area contributed by atoms with E-state index in [2.05, 4.69) is 48.2 Å². The second-order valence-electron chi connectivity index (χ2n) is 4.53. The molecule has 0 radical (unpaired) electrons. The Morgan fingerprint density at radius 3 is 2.29 bits per heavy atom. The summed E-state index contributed by atoms with van der Waals surface area (Å²) < 4.78 is 0. The molecule has 17 heavy (non-hydrogen) atoms. The van der Waals surface area contributed by atoms with E-state index in [-0.39, 0.29) is 0 Å². The van der Waals surface area contributed by atoms with Crippen LogP contribution in [0.15, 0.2) is 4.99 Å². The van der Waals surface area contributed by atoms with Gasteiger partial charge in [-0.05, 0) is 46.3 Å². The van der Waals surface area contributed by atoms with E-state index in [9.17, 15) is 0 Å². The molecule has 0 saturated carbocycles. The zero-order valence-electron chi connectivity index (χ0n) is 12.2. The molecule has 0 aromatic heterocycles. The van der Waals surface area contributed by atoms with Crippen LogP contribution in [0.1, 0.15) is 40.5 Å². The standard InChI is InChI=1S/C13H30N4/c1-6-17(7-2)11-9-8-10-15-13(14-5)16-12(3)4/h12H,6-11H2,1-5H3,(H2,14,15,16). The van der Waals surface area contributed by atoms with E-state index < -0.39 is 0 Å². The molecule has 0 aliphatic rings. The molecule has 0 amide bonds. The van der Waals surface area contributed by atoms with E-state index in [1.54, 1.807) is 0 Å². The Hall–Kier alpha value is -0.770. The molecule has 4 heteroatoms. The van der Waals surface area contributed by atoms with E-state index in [0.717, 1.165) is 25.6 Å². The largest absolute Gasteiger partial charge is 0.356 e. The number of hydrogen-bond acceptors (Lipinski definition) is 2. The number of hydrogen-bond donors (Lipinski definition) is 2. The smallest absolute Gasteiger partial charge is 0.191 e. The highest BCUT2D eigenvalue weighted by Gasteiger charge is 2.00. The molecule has 0 rings (SSSR count). The molecule has 0 aromatic rings. The summed E-state index contributed by atoms with van der Waals surface area (Å²) in [4.78, 5) is 6.64. The fourth-order valence-electron chi connectivity index (χ4n) is 1.68. The van der Waals surface area contributed by atoms with Gasteiger partial charge in [0.2, 0.25) is 0 Å². The van der Waals surface area contributed by atoms with Crippen molar-refractivity contribution >= 4 is 5.96 Å². The van der Waals surface area contributed by atoms with Crippen molar-refractivity contribution in [2.45, 2.75) is 46.6 Å². The lowest BCUT2D eigenvalue weighted by atomic mass is 10.3. The second kappa shape index (κ2) is 10.4. The predicted molar refractivity (Wildman–Crippen MR) is 76.7 cm³/mol. The number of rotatable bonds is 8. The van der Waals surface area contributed by atoms with Gasteiger partial charge in [0, 0.05) is 19.6 Å². The minimum Gasteiger partial charge on any atom is -0.356 e. The molecule has 0 aromatic carbocycles. The quantitative estimate of drug-likeness (QED) is 0.386. The average molecular weight is 242 g/mol. The number of nitrogens with zero attached hydrogens (tertiary/aromatic N) is 2. The molecule has 4 nitrogen and oxygen atoms in total. The Balaban J connectivity index is 3.56. The van der Waals surface area contributed by atoms with Gasteiger partial charge < -0.3 is 15.5 Å². The number of guanidine groups is 1. The van der Waals surface area contributed by atoms with Crippen LogP contribution < -0.4 is 10.6 Å². The van der Waals surface area contributed by atoms with Gasteiger partial charge in [0.15, 0.2) is 5.96 Å².